The molecule has 0 fully saturated rings. The number of nitrogens with one attached hydrogen (secondary N) is 1. The first kappa shape index (κ1) is 22.8. The summed E-state index contributed by atoms with van der Waals surface area (Å²) in [5.74, 6) is -0.374. The first-order chi connectivity index (χ1) is 17.1. The SMILES string of the molecule is O=C1CN(C(=O)CSc2nnc(-c3ccccc3F)n2CCc2ccccc2)c2ccccc2N1. The predicted octanol–water partition coefficient (Wildman–Crippen LogP) is 4.40. The third-order valence-corrected chi connectivity index (χ3v) is 6.65. The van der Waals surface area contributed by atoms with Gasteiger partial charge in [0.1, 0.15) is 12.4 Å². The van der Waals surface area contributed by atoms with Crippen molar-refractivity contribution in [2.75, 3.05) is 22.5 Å². The van der Waals surface area contributed by atoms with Crippen molar-refractivity contribution >= 4 is 35.0 Å². The number of nitrogens with zero attached hydrogens (tertiary/aromatic N) is 4. The third kappa shape index (κ3) is 4.95. The molecule has 7 nitrogen and oxygen atoms in total. The second-order valence-electron chi connectivity index (χ2n) is 8.01. The van der Waals surface area contributed by atoms with Gasteiger partial charge < -0.3 is 14.8 Å². The molecule has 2 amide bonds. The van der Waals surface area contributed by atoms with Crippen LogP contribution in [-0.2, 0) is 22.6 Å². The number of carbonyl (C=O) groups is 2. The Bertz CT molecular complexity index is 1380. The molecular weight excluding hydrogens is 465 g/mol. The van der Waals surface area contributed by atoms with Crippen LogP contribution < -0.4 is 10.2 Å². The Labute approximate surface area is 206 Å². The standard InChI is InChI=1S/C26H22FN5O2S/c27-20-11-5-4-10-19(20)25-29-30-26(31(25)15-14-18-8-2-1-3-9-18)35-17-24(34)32-16-23(33)28-21-12-6-7-13-22(21)32/h1-13H,14-17H2,(H,28,33). The molecule has 1 aliphatic rings. The molecule has 0 spiro atoms. The van der Waals surface area contributed by atoms with Crippen molar-refractivity contribution in [3.63, 3.8) is 0 Å². The second-order valence-corrected chi connectivity index (χ2v) is 8.95. The van der Waals surface area contributed by atoms with Crippen LogP contribution in [0.4, 0.5) is 15.8 Å². The number of halogens is 1. The van der Waals surface area contributed by atoms with E-state index in [4.69, 9.17) is 0 Å². The Kier molecular flexibility index (Phi) is 6.58. The molecular formula is C26H22FN5O2S. The van der Waals surface area contributed by atoms with Gasteiger partial charge in [-0.05, 0) is 36.2 Å². The molecule has 1 aliphatic heterocycles. The second kappa shape index (κ2) is 10.1. The first-order valence-electron chi connectivity index (χ1n) is 11.1. The normalized spacial score (nSPS) is 12.8. The predicted molar refractivity (Wildman–Crippen MR) is 134 cm³/mol. The molecule has 1 aromatic heterocycles. The van der Waals surface area contributed by atoms with E-state index in [2.05, 4.69) is 15.5 Å². The van der Waals surface area contributed by atoms with Crippen LogP contribution in [0.3, 0.4) is 0 Å². The number of hydrogen-bond donors (Lipinski definition) is 1. The first-order valence-corrected chi connectivity index (χ1v) is 12.1. The highest BCUT2D eigenvalue weighted by atomic mass is 32.2. The summed E-state index contributed by atoms with van der Waals surface area (Å²) in [4.78, 5) is 26.7. The van der Waals surface area contributed by atoms with Gasteiger partial charge in [-0.1, -0.05) is 66.4 Å². The summed E-state index contributed by atoms with van der Waals surface area (Å²) in [6, 6.07) is 23.6. The molecule has 0 bridgehead atoms. The van der Waals surface area contributed by atoms with Crippen LogP contribution in [0.5, 0.6) is 0 Å². The minimum atomic E-state index is -0.385. The van der Waals surface area contributed by atoms with Crippen LogP contribution in [-0.4, -0.2) is 38.9 Å². The van der Waals surface area contributed by atoms with Crippen molar-refractivity contribution in [2.24, 2.45) is 0 Å². The van der Waals surface area contributed by atoms with Gasteiger partial charge in [0, 0.05) is 6.54 Å². The number of fused-ring (bicyclic) bond motifs is 1. The number of rotatable bonds is 7. The van der Waals surface area contributed by atoms with Crippen LogP contribution in [0.2, 0.25) is 0 Å². The Hall–Kier alpha value is -3.98. The lowest BCUT2D eigenvalue weighted by molar-refractivity contribution is -0.120. The van der Waals surface area contributed by atoms with E-state index < -0.39 is 0 Å². The summed E-state index contributed by atoms with van der Waals surface area (Å²) in [5.41, 5.74) is 2.75. The summed E-state index contributed by atoms with van der Waals surface area (Å²) in [5, 5.41) is 11.8. The molecule has 0 radical (unpaired) electrons. The Morgan fingerprint density at radius 3 is 2.54 bits per heavy atom. The average Bonchev–Trinajstić information content (AvgIpc) is 3.28. The van der Waals surface area contributed by atoms with Crippen LogP contribution in [0.15, 0.2) is 84.0 Å². The summed E-state index contributed by atoms with van der Waals surface area (Å²) in [6.07, 6.45) is 0.696. The number of para-hydroxylation sites is 2. The fraction of sp³-hybridized carbons (Fsp3) is 0.154. The molecule has 176 valence electrons. The quantitative estimate of drug-likeness (QED) is 0.391. The fourth-order valence-electron chi connectivity index (χ4n) is 3.98. The summed E-state index contributed by atoms with van der Waals surface area (Å²) < 4.78 is 16.4. The average molecular weight is 488 g/mol. The van der Waals surface area contributed by atoms with Crippen molar-refractivity contribution in [1.29, 1.82) is 0 Å². The van der Waals surface area contributed by atoms with E-state index in [9.17, 15) is 14.0 Å². The molecule has 0 unspecified atom stereocenters. The van der Waals surface area contributed by atoms with Crippen molar-refractivity contribution in [3.05, 3.63) is 90.2 Å². The number of hydrogen-bond acceptors (Lipinski definition) is 5. The van der Waals surface area contributed by atoms with Gasteiger partial charge in [-0.25, -0.2) is 4.39 Å². The number of thioether (sulfide) groups is 1. The van der Waals surface area contributed by atoms with Gasteiger partial charge in [0.2, 0.25) is 11.8 Å². The highest BCUT2D eigenvalue weighted by molar-refractivity contribution is 7.99. The molecule has 1 N–H and O–H groups in total. The zero-order valence-corrected chi connectivity index (χ0v) is 19.5. The van der Waals surface area contributed by atoms with E-state index >= 15 is 0 Å². The van der Waals surface area contributed by atoms with E-state index in [0.29, 0.717) is 40.9 Å². The van der Waals surface area contributed by atoms with Gasteiger partial charge in [-0.2, -0.15) is 0 Å². The van der Waals surface area contributed by atoms with Crippen molar-refractivity contribution in [2.45, 2.75) is 18.1 Å². The van der Waals surface area contributed by atoms with E-state index in [0.717, 1.165) is 5.56 Å². The lowest BCUT2D eigenvalue weighted by atomic mass is 10.1. The Morgan fingerprint density at radius 2 is 1.71 bits per heavy atom. The molecule has 9 heteroatoms. The van der Waals surface area contributed by atoms with Crippen molar-refractivity contribution in [1.82, 2.24) is 14.8 Å². The van der Waals surface area contributed by atoms with E-state index in [1.165, 1.54) is 22.7 Å². The number of aromatic nitrogens is 3. The molecule has 5 rings (SSSR count). The van der Waals surface area contributed by atoms with Gasteiger partial charge in [-0.15, -0.1) is 10.2 Å². The largest absolute Gasteiger partial charge is 0.323 e. The molecule has 0 saturated heterocycles. The van der Waals surface area contributed by atoms with Crippen LogP contribution >= 0.6 is 11.8 Å². The molecule has 2 heterocycles. The third-order valence-electron chi connectivity index (χ3n) is 5.69. The number of carbonyl (C=O) groups excluding carboxylic acids is 2. The zero-order valence-electron chi connectivity index (χ0n) is 18.7. The molecule has 3 aromatic carbocycles. The van der Waals surface area contributed by atoms with Crippen molar-refractivity contribution in [3.8, 4) is 11.4 Å². The summed E-state index contributed by atoms with van der Waals surface area (Å²) in [7, 11) is 0. The maximum atomic E-state index is 14.6. The van der Waals surface area contributed by atoms with Crippen molar-refractivity contribution < 1.29 is 14.0 Å². The van der Waals surface area contributed by atoms with Gasteiger partial charge in [-0.3, -0.25) is 9.59 Å². The van der Waals surface area contributed by atoms with Gasteiger partial charge in [0.15, 0.2) is 11.0 Å². The molecule has 0 atom stereocenters. The van der Waals surface area contributed by atoms with Gasteiger partial charge in [0.05, 0.1) is 22.7 Å². The molecule has 4 aromatic rings. The van der Waals surface area contributed by atoms with E-state index in [1.54, 1.807) is 36.4 Å². The minimum Gasteiger partial charge on any atom is -0.323 e. The lowest BCUT2D eigenvalue weighted by Gasteiger charge is -2.29. The Morgan fingerprint density at radius 1 is 0.971 bits per heavy atom. The van der Waals surface area contributed by atoms with Gasteiger partial charge >= 0.3 is 0 Å². The minimum absolute atomic E-state index is 0.0441. The number of aryl methyl sites for hydroxylation is 1. The number of anilines is 2. The topological polar surface area (TPSA) is 80.1 Å². The highest BCUT2D eigenvalue weighted by Gasteiger charge is 2.27. The molecule has 35 heavy (non-hydrogen) atoms. The van der Waals surface area contributed by atoms with Crippen LogP contribution in [0.1, 0.15) is 5.56 Å². The Balaban J connectivity index is 1.39. The van der Waals surface area contributed by atoms with Gasteiger partial charge in [0.25, 0.3) is 0 Å². The zero-order chi connectivity index (χ0) is 24.2. The summed E-state index contributed by atoms with van der Waals surface area (Å²) >= 11 is 1.23. The lowest BCUT2D eigenvalue weighted by Crippen LogP contribution is -2.43. The molecule has 0 saturated carbocycles. The monoisotopic (exact) mass is 487 g/mol. The smallest absolute Gasteiger partial charge is 0.244 e. The fourth-order valence-corrected chi connectivity index (χ4v) is 4.82. The van der Waals surface area contributed by atoms with E-state index in [-0.39, 0.29) is 29.9 Å². The molecule has 0 aliphatic carbocycles. The maximum Gasteiger partial charge on any atom is 0.244 e. The summed E-state index contributed by atoms with van der Waals surface area (Å²) in [6.45, 7) is 0.476. The number of benzene rings is 3. The van der Waals surface area contributed by atoms with Crippen LogP contribution in [0.25, 0.3) is 11.4 Å². The van der Waals surface area contributed by atoms with Crippen LogP contribution in [0, 0.1) is 5.82 Å². The maximum absolute atomic E-state index is 14.6. The number of amides is 2. The highest BCUT2D eigenvalue weighted by Crippen LogP contribution is 2.31. The van der Waals surface area contributed by atoms with E-state index in [1.807, 2.05) is 41.0 Å².